The minimum absolute atomic E-state index is 0.268. The van der Waals surface area contributed by atoms with Crippen molar-refractivity contribution in [2.75, 3.05) is 6.61 Å². The molecule has 0 aromatic heterocycles. The lowest BCUT2D eigenvalue weighted by molar-refractivity contribution is -0.189. The van der Waals surface area contributed by atoms with Crippen LogP contribution < -0.4 is 0 Å². The fraction of sp³-hybridized carbons (Fsp3) is 0.909. The summed E-state index contributed by atoms with van der Waals surface area (Å²) in [5, 5.41) is 31.2. The van der Waals surface area contributed by atoms with Gasteiger partial charge in [-0.05, 0) is 86.9 Å². The van der Waals surface area contributed by atoms with E-state index in [-0.39, 0.29) is 17.4 Å². The van der Waals surface area contributed by atoms with Crippen LogP contribution in [0.2, 0.25) is 0 Å². The summed E-state index contributed by atoms with van der Waals surface area (Å²) in [6, 6.07) is 0. The number of aliphatic hydroxyl groups is 3. The molecule has 0 aromatic carbocycles. The van der Waals surface area contributed by atoms with E-state index in [0.29, 0.717) is 24.2 Å². The molecule has 0 aliphatic heterocycles. The van der Waals surface area contributed by atoms with Gasteiger partial charge in [0.15, 0.2) is 0 Å². The fourth-order valence-electron chi connectivity index (χ4n) is 8.01. The molecule has 4 saturated carbocycles. The summed E-state index contributed by atoms with van der Waals surface area (Å²) in [7, 11) is 0. The summed E-state index contributed by atoms with van der Waals surface area (Å²) in [5.74, 6) is 2.58. The fourth-order valence-corrected chi connectivity index (χ4v) is 8.01. The molecule has 0 bridgehead atoms. The lowest BCUT2D eigenvalue weighted by Crippen LogP contribution is -2.60. The Hall–Kier alpha value is -0.380. The van der Waals surface area contributed by atoms with Gasteiger partial charge < -0.3 is 15.3 Å². The predicted octanol–water partition coefficient (Wildman–Crippen LogP) is 3.67. The van der Waals surface area contributed by atoms with E-state index in [1.807, 2.05) is 0 Å². The van der Waals surface area contributed by atoms with Gasteiger partial charge in [0.05, 0.1) is 12.2 Å². The molecule has 0 spiro atoms. The van der Waals surface area contributed by atoms with E-state index < -0.39 is 11.7 Å². The molecule has 0 saturated heterocycles. The third-order valence-electron chi connectivity index (χ3n) is 9.64. The molecule has 8 atom stereocenters. The monoisotopic (exact) mass is 348 g/mol. The van der Waals surface area contributed by atoms with Crippen LogP contribution in [-0.4, -0.2) is 33.6 Å². The Labute approximate surface area is 152 Å². The molecule has 4 aliphatic rings. The Morgan fingerprint density at radius 3 is 2.52 bits per heavy atom. The van der Waals surface area contributed by atoms with Crippen LogP contribution in [0.5, 0.6) is 0 Å². The van der Waals surface area contributed by atoms with Crippen molar-refractivity contribution in [2.24, 2.45) is 34.5 Å². The minimum Gasteiger partial charge on any atom is -0.394 e. The number of allylic oxidation sites excluding steroid dienone is 1. The maximum absolute atomic E-state index is 11.3. The zero-order valence-electron chi connectivity index (χ0n) is 16.0. The van der Waals surface area contributed by atoms with Crippen molar-refractivity contribution >= 4 is 0 Å². The van der Waals surface area contributed by atoms with Gasteiger partial charge in [-0.1, -0.05) is 26.0 Å². The number of rotatable bonds is 2. The Morgan fingerprint density at radius 1 is 1.08 bits per heavy atom. The molecule has 4 rings (SSSR count). The minimum atomic E-state index is -1.13. The van der Waals surface area contributed by atoms with Gasteiger partial charge in [-0.2, -0.15) is 0 Å². The number of aliphatic hydroxyl groups excluding tert-OH is 2. The highest BCUT2D eigenvalue weighted by Gasteiger charge is 2.66. The molecule has 142 valence electrons. The lowest BCUT2D eigenvalue weighted by Gasteiger charge is -2.62. The van der Waals surface area contributed by atoms with Crippen LogP contribution in [0.3, 0.4) is 0 Å². The Balaban J connectivity index is 1.67. The van der Waals surface area contributed by atoms with Crippen LogP contribution in [0.1, 0.15) is 71.6 Å². The summed E-state index contributed by atoms with van der Waals surface area (Å²) in [4.78, 5) is 0. The van der Waals surface area contributed by atoms with Crippen LogP contribution in [0.25, 0.3) is 0 Å². The summed E-state index contributed by atoms with van der Waals surface area (Å²) < 4.78 is 0. The number of hydrogen-bond donors (Lipinski definition) is 3. The molecule has 0 radical (unpaired) electrons. The Kier molecular flexibility index (Phi) is 4.18. The molecule has 4 aliphatic carbocycles. The number of fused-ring (bicyclic) bond motifs is 5. The van der Waals surface area contributed by atoms with E-state index in [1.54, 1.807) is 0 Å². The first-order chi connectivity index (χ1) is 11.8. The van der Waals surface area contributed by atoms with E-state index in [4.69, 9.17) is 0 Å². The van der Waals surface area contributed by atoms with Crippen LogP contribution >= 0.6 is 0 Å². The summed E-state index contributed by atoms with van der Waals surface area (Å²) in [6.45, 7) is 8.84. The van der Waals surface area contributed by atoms with E-state index in [0.717, 1.165) is 25.2 Å². The average Bonchev–Trinajstić information content (AvgIpc) is 2.88. The molecular weight excluding hydrogens is 312 g/mol. The molecule has 3 heteroatoms. The first-order valence-corrected chi connectivity index (χ1v) is 10.5. The maximum atomic E-state index is 11.3. The van der Waals surface area contributed by atoms with Gasteiger partial charge in [-0.25, -0.2) is 0 Å². The van der Waals surface area contributed by atoms with Crippen molar-refractivity contribution in [1.29, 1.82) is 0 Å². The molecule has 0 amide bonds. The highest BCUT2D eigenvalue weighted by molar-refractivity contribution is 5.22. The van der Waals surface area contributed by atoms with Crippen molar-refractivity contribution in [2.45, 2.75) is 83.3 Å². The van der Waals surface area contributed by atoms with Crippen molar-refractivity contribution in [3.05, 3.63) is 12.2 Å². The SMILES string of the molecule is C=C1CCCC2CC[C@@H]3[C@@H](CC[C@@]4(C)[C@H]3CCC4(O)C(O)CO)[C@@]12C. The van der Waals surface area contributed by atoms with E-state index in [2.05, 4.69) is 20.4 Å². The summed E-state index contributed by atoms with van der Waals surface area (Å²) in [5.41, 5.74) is 0.359. The zero-order chi connectivity index (χ0) is 18.0. The number of hydrogen-bond acceptors (Lipinski definition) is 3. The molecular formula is C22H36O3. The van der Waals surface area contributed by atoms with Crippen molar-refractivity contribution in [3.63, 3.8) is 0 Å². The second-order valence-electron chi connectivity index (χ2n) is 10.0. The topological polar surface area (TPSA) is 60.7 Å². The van der Waals surface area contributed by atoms with Crippen LogP contribution in [0, 0.1) is 34.5 Å². The van der Waals surface area contributed by atoms with Gasteiger partial charge in [0.2, 0.25) is 0 Å². The average molecular weight is 349 g/mol. The second kappa shape index (κ2) is 5.81. The standard InChI is InChI=1S/C22H36O3/c1-14-5-4-6-15-7-8-16-17-10-12-22(25,19(24)13-23)20(17,2)11-9-18(16)21(14,15)3/h15-19,23-25H,1,4-13H2,2-3H3/t15?,16-,17-,18+,19?,20-,21-,22?/m0/s1. The Morgan fingerprint density at radius 2 is 1.80 bits per heavy atom. The van der Waals surface area contributed by atoms with Crippen LogP contribution in [-0.2, 0) is 0 Å². The van der Waals surface area contributed by atoms with Crippen LogP contribution in [0.15, 0.2) is 12.2 Å². The molecule has 0 heterocycles. The molecule has 25 heavy (non-hydrogen) atoms. The van der Waals surface area contributed by atoms with Gasteiger partial charge in [-0.3, -0.25) is 0 Å². The molecule has 0 aromatic rings. The largest absolute Gasteiger partial charge is 0.394 e. The van der Waals surface area contributed by atoms with Crippen molar-refractivity contribution in [3.8, 4) is 0 Å². The van der Waals surface area contributed by atoms with E-state index >= 15 is 0 Å². The first kappa shape index (κ1) is 18.0. The molecule has 3 unspecified atom stereocenters. The van der Waals surface area contributed by atoms with Gasteiger partial charge in [0.25, 0.3) is 0 Å². The smallest absolute Gasteiger partial charge is 0.106 e. The maximum Gasteiger partial charge on any atom is 0.106 e. The molecule has 4 fully saturated rings. The van der Waals surface area contributed by atoms with E-state index in [9.17, 15) is 15.3 Å². The normalized spacial score (nSPS) is 53.7. The van der Waals surface area contributed by atoms with Crippen molar-refractivity contribution < 1.29 is 15.3 Å². The first-order valence-electron chi connectivity index (χ1n) is 10.5. The molecule has 3 nitrogen and oxygen atoms in total. The van der Waals surface area contributed by atoms with Gasteiger partial charge >= 0.3 is 0 Å². The van der Waals surface area contributed by atoms with E-state index in [1.165, 1.54) is 37.7 Å². The van der Waals surface area contributed by atoms with Crippen molar-refractivity contribution in [1.82, 2.24) is 0 Å². The molecule has 3 N–H and O–H groups in total. The zero-order valence-corrected chi connectivity index (χ0v) is 16.0. The quantitative estimate of drug-likeness (QED) is 0.667. The predicted molar refractivity (Wildman–Crippen MR) is 98.9 cm³/mol. The third-order valence-corrected chi connectivity index (χ3v) is 9.64. The van der Waals surface area contributed by atoms with Gasteiger partial charge in [-0.15, -0.1) is 0 Å². The summed E-state index contributed by atoms with van der Waals surface area (Å²) >= 11 is 0. The highest BCUT2D eigenvalue weighted by atomic mass is 16.4. The Bertz CT molecular complexity index is 559. The second-order valence-corrected chi connectivity index (χ2v) is 10.0. The van der Waals surface area contributed by atoms with Gasteiger partial charge in [0.1, 0.15) is 6.10 Å². The van der Waals surface area contributed by atoms with Gasteiger partial charge in [0, 0.05) is 5.41 Å². The van der Waals surface area contributed by atoms with Crippen LogP contribution in [0.4, 0.5) is 0 Å². The summed E-state index contributed by atoms with van der Waals surface area (Å²) in [6.07, 6.45) is 9.09. The highest BCUT2D eigenvalue weighted by Crippen LogP contribution is 2.69. The third kappa shape index (κ3) is 2.15. The lowest BCUT2D eigenvalue weighted by atomic mass is 9.43.